The van der Waals surface area contributed by atoms with Gasteiger partial charge in [0.2, 0.25) is 0 Å². The first kappa shape index (κ1) is 73.8. The first-order valence-electron chi connectivity index (χ1n) is 43.9. The average molecular weight is 1680 g/mol. The number of nitrogens with zero attached hydrogens (tertiary/aromatic N) is 10. The molecule has 29 rings (SSSR count). The minimum Gasteiger partial charge on any atom is -0.458 e. The number of anilines is 18. The van der Waals surface area contributed by atoms with Crippen LogP contribution in [0.15, 0.2) is 419 Å². The summed E-state index contributed by atoms with van der Waals surface area (Å²) in [6, 6.07) is 130. The molecule has 0 saturated heterocycles. The monoisotopic (exact) mass is 1680 g/mol. The van der Waals surface area contributed by atoms with Crippen LogP contribution in [0.5, 0.6) is 69.0 Å². The first-order valence-corrected chi connectivity index (χ1v) is 43.9. The molecule has 20 aromatic rings. The topological polar surface area (TPSA) is 126 Å². The number of fused-ring (bicyclic) bond motifs is 23. The number of hydrogen-bond acceptors (Lipinski definition) is 16. The minimum absolute atomic E-state index is 0.00897. The van der Waals surface area contributed by atoms with E-state index in [9.17, 15) is 0 Å². The number of para-hydroxylation sites is 14. The molecule has 0 atom stereocenters. The molecule has 9 aliphatic rings. The lowest BCUT2D eigenvalue weighted by molar-refractivity contribution is 0.469. The summed E-state index contributed by atoms with van der Waals surface area (Å²) in [6.45, 7) is -0.0747. The zero-order valence-electron chi connectivity index (χ0n) is 70.0. The maximum atomic E-state index is 7.01. The van der Waals surface area contributed by atoms with Gasteiger partial charge in [0.25, 0.3) is 20.1 Å². The standard InChI is InChI=1S/C39H24BN3O2.C38H23BN4O2.C35H22BN3O2/c1-2-14-27-25(11-1)12-9-19-30(27)43-32-18-6-8-21-35(32)45-39-33(43)23-36-37-38(39)42(26-13-10-22-41-24-26)31-17-5-3-15-28(31)40(37)29-16-4-7-20-34(29)44-36;1-3-15-28-26(13-1)39-27-14-2-5-18-32(27)44-34-22-31-38(37(35(34)39)42(28)25-12-9-20-40-23-25)45-33-19-6-4-16-29(33)43(31)30-17-7-10-24-11-8-21-41-36(24)30;1-2-11-23(12-3-1)38-28-17-7-9-19-31(28)41-35-29(38)21-32-33-34(35)39(24-13-10-20-37-22-24)27-16-6-4-14-25(27)36(33)26-15-5-8-18-30(26)40-32/h1-24H;1-23H;1-22H. The van der Waals surface area contributed by atoms with Gasteiger partial charge in [0.05, 0.1) is 104 Å². The molecule has 0 aliphatic carbocycles. The Morgan fingerprint density at radius 2 is 0.511 bits per heavy atom. The molecular formula is C112H69B3N10O6. The Morgan fingerprint density at radius 1 is 0.198 bits per heavy atom. The van der Waals surface area contributed by atoms with E-state index in [1.807, 2.05) is 122 Å². The van der Waals surface area contributed by atoms with E-state index >= 15 is 0 Å². The predicted molar refractivity (Wildman–Crippen MR) is 527 cm³/mol. The Morgan fingerprint density at radius 3 is 0.947 bits per heavy atom. The summed E-state index contributed by atoms with van der Waals surface area (Å²) >= 11 is 0. The smallest absolute Gasteiger partial charge is 0.256 e. The quantitative estimate of drug-likeness (QED) is 0.146. The lowest BCUT2D eigenvalue weighted by Crippen LogP contribution is -2.59. The predicted octanol–water partition coefficient (Wildman–Crippen LogP) is 22.9. The van der Waals surface area contributed by atoms with Crippen LogP contribution >= 0.6 is 0 Å². The van der Waals surface area contributed by atoms with Crippen molar-refractivity contribution in [2.75, 3.05) is 29.4 Å². The highest BCUT2D eigenvalue weighted by Gasteiger charge is 2.51. The summed E-state index contributed by atoms with van der Waals surface area (Å²) in [5.41, 5.74) is 29.0. The molecule has 0 saturated carbocycles. The van der Waals surface area contributed by atoms with Gasteiger partial charge in [-0.15, -0.1) is 0 Å². The van der Waals surface area contributed by atoms with Gasteiger partial charge in [0.15, 0.2) is 34.5 Å². The van der Waals surface area contributed by atoms with Crippen LogP contribution in [0.1, 0.15) is 0 Å². The van der Waals surface area contributed by atoms with Crippen molar-refractivity contribution >= 4 is 193 Å². The molecule has 4 aromatic heterocycles. The molecule has 9 aliphatic heterocycles. The van der Waals surface area contributed by atoms with Gasteiger partial charge in [-0.1, -0.05) is 218 Å². The van der Waals surface area contributed by atoms with Crippen LogP contribution < -0.4 is 107 Å². The number of aromatic nitrogens is 4. The van der Waals surface area contributed by atoms with Gasteiger partial charge in [-0.25, -0.2) is 0 Å². The molecule has 131 heavy (non-hydrogen) atoms. The van der Waals surface area contributed by atoms with Crippen LogP contribution in [-0.4, -0.2) is 40.1 Å². The zero-order valence-corrected chi connectivity index (χ0v) is 70.0. The van der Waals surface area contributed by atoms with E-state index in [0.717, 1.165) is 220 Å². The molecule has 612 valence electrons. The maximum absolute atomic E-state index is 7.01. The third kappa shape index (κ3) is 11.4. The van der Waals surface area contributed by atoms with Crippen LogP contribution in [-0.2, 0) is 0 Å². The van der Waals surface area contributed by atoms with Crippen LogP contribution in [0, 0.1) is 0 Å². The van der Waals surface area contributed by atoms with E-state index in [1.54, 1.807) is 12.4 Å². The summed E-state index contributed by atoms with van der Waals surface area (Å²) < 4.78 is 41.3. The molecule has 0 N–H and O–H groups in total. The zero-order chi connectivity index (χ0) is 85.9. The van der Waals surface area contributed by atoms with Crippen molar-refractivity contribution in [1.29, 1.82) is 0 Å². The highest BCUT2D eigenvalue weighted by Crippen LogP contribution is 2.63. The fourth-order valence-corrected chi connectivity index (χ4v) is 21.0. The second kappa shape index (κ2) is 29.5. The van der Waals surface area contributed by atoms with Crippen LogP contribution in [0.2, 0.25) is 0 Å². The van der Waals surface area contributed by atoms with E-state index in [4.69, 9.17) is 33.4 Å². The molecule has 0 amide bonds. The van der Waals surface area contributed by atoms with E-state index in [-0.39, 0.29) is 20.1 Å². The number of hydrogen-bond donors (Lipinski definition) is 0. The van der Waals surface area contributed by atoms with Gasteiger partial charge in [0.1, 0.15) is 34.5 Å². The molecule has 13 heterocycles. The average Bonchev–Trinajstić information content (AvgIpc) is 0.700. The third-order valence-corrected chi connectivity index (χ3v) is 26.3. The highest BCUT2D eigenvalue weighted by atomic mass is 16.5. The fraction of sp³-hybridized carbons (Fsp3) is 0. The SMILES string of the molecule is c1ccc(N2c3ccccc3Oc3c2cc2c4c3N(c3cccnc3)c3ccccc3B4c3ccccc3O2)cc1.c1cncc(N2c3ccccc3B3c4ccccc4Oc4cc5c(c2c43)Oc2ccccc2N5c2cccc3ccccc23)c1.c1cncc(N2c3ccccc3B3c4ccccc4Oc4cc5c(c2c43)Oc2ccccc2N5c2cccc3cccnc23)c1. The van der Waals surface area contributed by atoms with Crippen molar-refractivity contribution < 1.29 is 28.4 Å². The van der Waals surface area contributed by atoms with E-state index in [0.29, 0.717) is 0 Å². The molecule has 0 fully saturated rings. The van der Waals surface area contributed by atoms with Crippen LogP contribution in [0.4, 0.5) is 102 Å². The lowest BCUT2D eigenvalue weighted by Gasteiger charge is -2.43. The molecule has 19 heteroatoms. The van der Waals surface area contributed by atoms with Crippen molar-refractivity contribution in [3.05, 3.63) is 419 Å². The second-order valence-electron chi connectivity index (χ2n) is 33.4. The van der Waals surface area contributed by atoms with Crippen LogP contribution in [0.25, 0.3) is 21.7 Å². The number of benzene rings is 16. The molecule has 0 radical (unpaired) electrons. The normalized spacial score (nSPS) is 13.6. The fourth-order valence-electron chi connectivity index (χ4n) is 21.0. The molecule has 0 unspecified atom stereocenters. The van der Waals surface area contributed by atoms with Gasteiger partial charge in [0, 0.05) is 92.9 Å². The Kier molecular flexibility index (Phi) is 16.6. The first-order chi connectivity index (χ1) is 65.1. The third-order valence-electron chi connectivity index (χ3n) is 26.3. The van der Waals surface area contributed by atoms with Gasteiger partial charge < -0.3 is 57.8 Å². The molecule has 16 nitrogen and oxygen atoms in total. The Labute approximate surface area is 754 Å². The van der Waals surface area contributed by atoms with Crippen molar-refractivity contribution in [3.63, 3.8) is 0 Å². The van der Waals surface area contributed by atoms with E-state index in [1.165, 1.54) is 21.8 Å². The Bertz CT molecular complexity index is 7790. The number of ether oxygens (including phenoxy) is 6. The van der Waals surface area contributed by atoms with Gasteiger partial charge in [-0.3, -0.25) is 19.9 Å². The Balaban J connectivity index is 0.000000101. The van der Waals surface area contributed by atoms with Crippen LogP contribution in [0.3, 0.4) is 0 Å². The largest absolute Gasteiger partial charge is 0.458 e. The summed E-state index contributed by atoms with van der Waals surface area (Å²) in [5, 5.41) is 3.40. The highest BCUT2D eigenvalue weighted by molar-refractivity contribution is 7.01. The van der Waals surface area contributed by atoms with Gasteiger partial charge >= 0.3 is 0 Å². The number of pyridine rings is 4. The maximum Gasteiger partial charge on any atom is 0.256 e. The minimum atomic E-state index is -0.0391. The van der Waals surface area contributed by atoms with Crippen molar-refractivity contribution in [2.24, 2.45) is 0 Å². The molecule has 0 spiro atoms. The van der Waals surface area contributed by atoms with E-state index < -0.39 is 0 Å². The summed E-state index contributed by atoms with van der Waals surface area (Å²) in [4.78, 5) is 32.1. The molecular weight excluding hydrogens is 1610 g/mol. The van der Waals surface area contributed by atoms with Crippen molar-refractivity contribution in [1.82, 2.24) is 19.9 Å². The summed E-state index contributed by atoms with van der Waals surface area (Å²) in [7, 11) is 0. The molecule has 0 bridgehead atoms. The number of rotatable bonds is 6. The van der Waals surface area contributed by atoms with E-state index in [2.05, 4.69) is 329 Å². The van der Waals surface area contributed by atoms with Crippen molar-refractivity contribution in [2.45, 2.75) is 0 Å². The van der Waals surface area contributed by atoms with Crippen molar-refractivity contribution in [3.8, 4) is 69.0 Å². The summed E-state index contributed by atoms with van der Waals surface area (Å²) in [5.74, 6) is 9.77. The van der Waals surface area contributed by atoms with Gasteiger partial charge in [-0.2, -0.15) is 0 Å². The Hall–Kier alpha value is -17.6. The second-order valence-corrected chi connectivity index (χ2v) is 33.4. The summed E-state index contributed by atoms with van der Waals surface area (Å²) in [6.07, 6.45) is 13.0. The lowest BCUT2D eigenvalue weighted by atomic mass is 9.34. The van der Waals surface area contributed by atoms with Gasteiger partial charge in [-0.05, 0) is 178 Å². The molecule has 16 aromatic carbocycles.